The Morgan fingerprint density at radius 1 is 1.16 bits per heavy atom. The number of ketones is 1. The van der Waals surface area contributed by atoms with Crippen molar-refractivity contribution < 1.29 is 14.0 Å². The summed E-state index contributed by atoms with van der Waals surface area (Å²) in [5.74, 6) is -1.10. The van der Waals surface area contributed by atoms with Crippen LogP contribution in [0.15, 0.2) is 75.5 Å². The van der Waals surface area contributed by atoms with Crippen molar-refractivity contribution in [3.05, 3.63) is 86.9 Å². The maximum atomic E-state index is 13.4. The van der Waals surface area contributed by atoms with Gasteiger partial charge in [0.05, 0.1) is 0 Å². The molecular formula is C25H24BrFN2O2. The number of nitrogens with one attached hydrogen (secondary N) is 2. The summed E-state index contributed by atoms with van der Waals surface area (Å²) in [6.07, 6.45) is 1.17. The molecule has 0 saturated heterocycles. The number of carbonyl (C=O) groups is 2. The van der Waals surface area contributed by atoms with Crippen LogP contribution in [0.1, 0.15) is 45.1 Å². The van der Waals surface area contributed by atoms with E-state index in [0.717, 1.165) is 22.2 Å². The van der Waals surface area contributed by atoms with Crippen molar-refractivity contribution >= 4 is 33.3 Å². The highest BCUT2D eigenvalue weighted by molar-refractivity contribution is 9.10. The maximum absolute atomic E-state index is 13.4. The van der Waals surface area contributed by atoms with Gasteiger partial charge in [-0.3, -0.25) is 9.59 Å². The molecule has 4 nitrogen and oxygen atoms in total. The second-order valence-corrected chi connectivity index (χ2v) is 9.86. The number of hydrogen-bond donors (Lipinski definition) is 2. The number of rotatable bonds is 3. The average Bonchev–Trinajstić information content (AvgIpc) is 2.67. The first-order valence-corrected chi connectivity index (χ1v) is 11.0. The predicted molar refractivity (Wildman–Crippen MR) is 123 cm³/mol. The molecule has 0 spiro atoms. The van der Waals surface area contributed by atoms with Gasteiger partial charge in [-0.1, -0.05) is 41.9 Å². The summed E-state index contributed by atoms with van der Waals surface area (Å²) in [7, 11) is 0. The molecule has 0 radical (unpaired) electrons. The molecule has 2 aliphatic rings. The van der Waals surface area contributed by atoms with Gasteiger partial charge in [0.2, 0.25) is 0 Å². The Hall–Kier alpha value is -2.73. The Morgan fingerprint density at radius 3 is 2.55 bits per heavy atom. The minimum absolute atomic E-state index is 0.0586. The van der Waals surface area contributed by atoms with Crippen molar-refractivity contribution in [2.45, 2.75) is 39.5 Å². The molecule has 0 aromatic heterocycles. The Labute approximate surface area is 189 Å². The van der Waals surface area contributed by atoms with E-state index in [2.05, 4.69) is 40.4 Å². The fourth-order valence-corrected chi connectivity index (χ4v) is 4.91. The molecule has 4 rings (SSSR count). The minimum Gasteiger partial charge on any atom is -0.362 e. The number of amides is 1. The first-order valence-electron chi connectivity index (χ1n) is 10.2. The number of halogens is 2. The van der Waals surface area contributed by atoms with Gasteiger partial charge in [-0.15, -0.1) is 0 Å². The lowest BCUT2D eigenvalue weighted by Crippen LogP contribution is -2.39. The van der Waals surface area contributed by atoms with Crippen molar-refractivity contribution in [1.82, 2.24) is 5.32 Å². The van der Waals surface area contributed by atoms with Gasteiger partial charge in [0.25, 0.3) is 5.91 Å². The molecule has 1 aliphatic heterocycles. The summed E-state index contributed by atoms with van der Waals surface area (Å²) in [5.41, 5.74) is 3.99. The molecule has 2 aromatic rings. The topological polar surface area (TPSA) is 58.2 Å². The van der Waals surface area contributed by atoms with E-state index in [1.54, 1.807) is 0 Å². The quantitative estimate of drug-likeness (QED) is 0.578. The Bertz CT molecular complexity index is 1130. The monoisotopic (exact) mass is 482 g/mol. The van der Waals surface area contributed by atoms with Crippen molar-refractivity contribution in [2.24, 2.45) is 5.41 Å². The number of anilines is 1. The summed E-state index contributed by atoms with van der Waals surface area (Å²) < 4.78 is 14.2. The second-order valence-electron chi connectivity index (χ2n) is 8.95. The van der Waals surface area contributed by atoms with Crippen LogP contribution in [0.3, 0.4) is 0 Å². The SMILES string of the molecule is CC1=C(C(=O)Nc2ccc(F)cc2)[C@@H](c2cccc(Br)c2)C2=C(CC(C)(C)CC2=O)N1. The minimum atomic E-state index is -0.474. The van der Waals surface area contributed by atoms with Gasteiger partial charge in [-0.05, 0) is 60.7 Å². The summed E-state index contributed by atoms with van der Waals surface area (Å²) in [6, 6.07) is 13.4. The number of allylic oxidation sites excluding steroid dienone is 3. The van der Waals surface area contributed by atoms with Crippen LogP contribution in [0.4, 0.5) is 10.1 Å². The van der Waals surface area contributed by atoms with E-state index in [0.29, 0.717) is 29.0 Å². The summed E-state index contributed by atoms with van der Waals surface area (Å²) in [5, 5.41) is 6.21. The van der Waals surface area contributed by atoms with Gasteiger partial charge in [-0.25, -0.2) is 4.39 Å². The predicted octanol–water partition coefficient (Wildman–Crippen LogP) is 5.83. The van der Waals surface area contributed by atoms with E-state index < -0.39 is 5.92 Å². The lowest BCUT2D eigenvalue weighted by molar-refractivity contribution is -0.118. The maximum Gasteiger partial charge on any atom is 0.254 e. The fraction of sp³-hybridized carbons (Fsp3) is 0.280. The van der Waals surface area contributed by atoms with E-state index in [-0.39, 0.29) is 22.9 Å². The summed E-state index contributed by atoms with van der Waals surface area (Å²) in [4.78, 5) is 26.7. The van der Waals surface area contributed by atoms with Gasteiger partial charge in [0, 0.05) is 45.0 Å². The van der Waals surface area contributed by atoms with E-state index >= 15 is 0 Å². The van der Waals surface area contributed by atoms with Gasteiger partial charge >= 0.3 is 0 Å². The van der Waals surface area contributed by atoms with Gasteiger partial charge in [0.15, 0.2) is 5.78 Å². The fourth-order valence-electron chi connectivity index (χ4n) is 4.49. The van der Waals surface area contributed by atoms with Crippen LogP contribution in [0, 0.1) is 11.2 Å². The van der Waals surface area contributed by atoms with Crippen LogP contribution in [0.25, 0.3) is 0 Å². The van der Waals surface area contributed by atoms with Crippen LogP contribution >= 0.6 is 15.9 Å². The molecule has 31 heavy (non-hydrogen) atoms. The summed E-state index contributed by atoms with van der Waals surface area (Å²) >= 11 is 3.51. The molecule has 1 heterocycles. The molecule has 160 valence electrons. The van der Waals surface area contributed by atoms with E-state index in [1.165, 1.54) is 24.3 Å². The highest BCUT2D eigenvalue weighted by atomic mass is 79.9. The zero-order chi connectivity index (χ0) is 22.3. The zero-order valence-electron chi connectivity index (χ0n) is 17.7. The molecule has 2 aromatic carbocycles. The van der Waals surface area contributed by atoms with E-state index in [9.17, 15) is 14.0 Å². The number of dihydropyridines is 1. The van der Waals surface area contributed by atoms with E-state index in [4.69, 9.17) is 0 Å². The molecule has 1 atom stereocenters. The highest BCUT2D eigenvalue weighted by Gasteiger charge is 2.42. The molecule has 0 unspecified atom stereocenters. The second kappa shape index (κ2) is 8.08. The third-order valence-electron chi connectivity index (χ3n) is 5.77. The van der Waals surface area contributed by atoms with Crippen LogP contribution < -0.4 is 10.6 Å². The molecule has 6 heteroatoms. The van der Waals surface area contributed by atoms with Crippen molar-refractivity contribution in [1.29, 1.82) is 0 Å². The van der Waals surface area contributed by atoms with Crippen LogP contribution in [0.5, 0.6) is 0 Å². The molecule has 1 amide bonds. The Kier molecular flexibility index (Phi) is 5.60. The highest BCUT2D eigenvalue weighted by Crippen LogP contribution is 2.47. The van der Waals surface area contributed by atoms with Crippen molar-refractivity contribution in [3.63, 3.8) is 0 Å². The van der Waals surface area contributed by atoms with Crippen LogP contribution in [-0.4, -0.2) is 11.7 Å². The van der Waals surface area contributed by atoms with Gasteiger partial charge in [-0.2, -0.15) is 0 Å². The van der Waals surface area contributed by atoms with Crippen LogP contribution in [0.2, 0.25) is 0 Å². The third kappa shape index (κ3) is 4.35. The zero-order valence-corrected chi connectivity index (χ0v) is 19.3. The summed E-state index contributed by atoms with van der Waals surface area (Å²) in [6.45, 7) is 6.03. The average molecular weight is 483 g/mol. The first-order chi connectivity index (χ1) is 14.6. The van der Waals surface area contributed by atoms with Gasteiger partial charge in [0.1, 0.15) is 5.82 Å². The number of carbonyl (C=O) groups excluding carboxylic acids is 2. The van der Waals surface area contributed by atoms with Gasteiger partial charge < -0.3 is 10.6 Å². The smallest absolute Gasteiger partial charge is 0.254 e. The molecular weight excluding hydrogens is 459 g/mol. The number of hydrogen-bond acceptors (Lipinski definition) is 3. The van der Waals surface area contributed by atoms with Crippen molar-refractivity contribution in [3.8, 4) is 0 Å². The largest absolute Gasteiger partial charge is 0.362 e. The van der Waals surface area contributed by atoms with E-state index in [1.807, 2.05) is 31.2 Å². The number of benzene rings is 2. The standard InChI is InChI=1S/C25H24BrFN2O2/c1-14-21(24(31)29-18-9-7-17(27)8-10-18)22(15-5-4-6-16(26)11-15)23-19(28-14)12-25(2,3)13-20(23)30/h4-11,22,28H,12-13H2,1-3H3,(H,29,31)/t22-/m1/s1. The Balaban J connectivity index is 1.80. The van der Waals surface area contributed by atoms with Crippen LogP contribution in [-0.2, 0) is 9.59 Å². The Morgan fingerprint density at radius 2 is 1.87 bits per heavy atom. The number of Topliss-reactive ketones (excluding diaryl/α,β-unsaturated/α-hetero) is 1. The molecule has 0 bridgehead atoms. The normalized spacial score (nSPS) is 20.3. The molecule has 0 saturated carbocycles. The molecule has 0 fully saturated rings. The first kappa shape index (κ1) is 21.5. The third-order valence-corrected chi connectivity index (χ3v) is 6.26. The van der Waals surface area contributed by atoms with Crippen molar-refractivity contribution in [2.75, 3.05) is 5.32 Å². The lowest BCUT2D eigenvalue weighted by atomic mass is 9.68. The molecule has 1 aliphatic carbocycles. The lowest BCUT2D eigenvalue weighted by Gasteiger charge is -2.39. The molecule has 2 N–H and O–H groups in total.